The van der Waals surface area contributed by atoms with Crippen molar-refractivity contribution in [3.05, 3.63) is 24.3 Å². The molecule has 0 spiro atoms. The first kappa shape index (κ1) is 12.9. The summed E-state index contributed by atoms with van der Waals surface area (Å²) in [6, 6.07) is 6.91. The van der Waals surface area contributed by atoms with Crippen LogP contribution in [0.4, 0.5) is 0 Å². The van der Waals surface area contributed by atoms with Gasteiger partial charge in [0.15, 0.2) is 0 Å². The summed E-state index contributed by atoms with van der Waals surface area (Å²) in [7, 11) is -1.76. The number of sulfonamides is 1. The second kappa shape index (κ2) is 4.80. The van der Waals surface area contributed by atoms with Gasteiger partial charge in [-0.1, -0.05) is 0 Å². The minimum absolute atomic E-state index is 0.229. The van der Waals surface area contributed by atoms with Crippen LogP contribution in [-0.2, 0) is 10.0 Å². The second-order valence-electron chi connectivity index (χ2n) is 5.34. The zero-order chi connectivity index (χ0) is 13.5. The van der Waals surface area contributed by atoms with E-state index in [9.17, 15) is 8.42 Å². The Morgan fingerprint density at radius 3 is 2.42 bits per heavy atom. The highest BCUT2D eigenvalue weighted by atomic mass is 32.2. The highest BCUT2D eigenvalue weighted by molar-refractivity contribution is 7.89. The molecule has 104 valence electrons. The molecule has 1 saturated heterocycles. The van der Waals surface area contributed by atoms with Gasteiger partial charge in [-0.25, -0.2) is 8.42 Å². The predicted molar refractivity (Wildman–Crippen MR) is 72.6 cm³/mol. The average molecular weight is 281 g/mol. The largest absolute Gasteiger partial charge is 0.497 e. The van der Waals surface area contributed by atoms with Gasteiger partial charge in [0.25, 0.3) is 0 Å². The Labute approximate surface area is 114 Å². The molecule has 0 aromatic heterocycles. The summed E-state index contributed by atoms with van der Waals surface area (Å²) in [4.78, 5) is 0.376. The molecule has 1 saturated carbocycles. The molecule has 0 N–H and O–H groups in total. The van der Waals surface area contributed by atoms with Crippen LogP contribution in [0.2, 0.25) is 0 Å². The Hall–Kier alpha value is -1.07. The van der Waals surface area contributed by atoms with E-state index in [4.69, 9.17) is 4.74 Å². The molecule has 1 heterocycles. The van der Waals surface area contributed by atoms with Gasteiger partial charge in [-0.15, -0.1) is 0 Å². The van der Waals surface area contributed by atoms with Crippen molar-refractivity contribution in [2.75, 3.05) is 13.7 Å². The molecule has 1 unspecified atom stereocenters. The lowest BCUT2D eigenvalue weighted by atomic mass is 10.1. The number of ether oxygens (including phenoxy) is 1. The van der Waals surface area contributed by atoms with Crippen molar-refractivity contribution in [3.8, 4) is 5.75 Å². The summed E-state index contributed by atoms with van der Waals surface area (Å²) in [5.74, 6) is 1.27. The molecule has 5 heteroatoms. The zero-order valence-corrected chi connectivity index (χ0v) is 11.9. The fourth-order valence-corrected chi connectivity index (χ4v) is 4.65. The van der Waals surface area contributed by atoms with Crippen molar-refractivity contribution < 1.29 is 13.2 Å². The molecule has 1 aromatic rings. The molecule has 1 aliphatic carbocycles. The van der Waals surface area contributed by atoms with Crippen LogP contribution in [0.15, 0.2) is 29.2 Å². The van der Waals surface area contributed by atoms with Gasteiger partial charge in [0, 0.05) is 12.6 Å². The molecule has 3 rings (SSSR count). The average Bonchev–Trinajstić information content (AvgIpc) is 3.15. The maximum atomic E-state index is 12.7. The molecule has 2 fully saturated rings. The van der Waals surface area contributed by atoms with Crippen molar-refractivity contribution in [2.45, 2.75) is 36.6 Å². The molecule has 0 amide bonds. The Balaban J connectivity index is 1.88. The number of hydrogen-bond donors (Lipinski definition) is 0. The number of methoxy groups -OCH3 is 1. The maximum Gasteiger partial charge on any atom is 0.243 e. The summed E-state index contributed by atoms with van der Waals surface area (Å²) < 4.78 is 32.1. The van der Waals surface area contributed by atoms with Crippen molar-refractivity contribution >= 4 is 10.0 Å². The van der Waals surface area contributed by atoms with E-state index in [1.807, 2.05) is 0 Å². The van der Waals surface area contributed by atoms with Crippen LogP contribution in [0.1, 0.15) is 25.7 Å². The summed E-state index contributed by atoms with van der Waals surface area (Å²) in [5, 5.41) is 0. The smallest absolute Gasteiger partial charge is 0.243 e. The van der Waals surface area contributed by atoms with Gasteiger partial charge in [0.05, 0.1) is 12.0 Å². The van der Waals surface area contributed by atoms with E-state index in [0.29, 0.717) is 23.1 Å². The van der Waals surface area contributed by atoms with Crippen LogP contribution in [0.25, 0.3) is 0 Å². The zero-order valence-electron chi connectivity index (χ0n) is 11.1. The molecular weight excluding hydrogens is 262 g/mol. The Morgan fingerprint density at radius 2 is 1.84 bits per heavy atom. The minimum atomic E-state index is -3.34. The summed E-state index contributed by atoms with van der Waals surface area (Å²) in [5.41, 5.74) is 0. The van der Waals surface area contributed by atoms with Crippen molar-refractivity contribution in [2.24, 2.45) is 5.92 Å². The Bertz CT molecular complexity index is 549. The maximum absolute atomic E-state index is 12.7. The van der Waals surface area contributed by atoms with Gasteiger partial charge in [-0.2, -0.15) is 4.31 Å². The third-order valence-electron chi connectivity index (χ3n) is 4.08. The number of nitrogens with zero attached hydrogens (tertiary/aromatic N) is 1. The van der Waals surface area contributed by atoms with Gasteiger partial charge in [-0.05, 0) is 55.9 Å². The fourth-order valence-electron chi connectivity index (χ4n) is 2.90. The standard InChI is InChI=1S/C14H19NO3S/c1-18-12-6-8-13(9-7-12)19(16,17)15-10-2-3-14(15)11-4-5-11/h6-9,11,14H,2-5,10H2,1H3. The highest BCUT2D eigenvalue weighted by Crippen LogP contribution is 2.42. The van der Waals surface area contributed by atoms with Gasteiger partial charge >= 0.3 is 0 Å². The van der Waals surface area contributed by atoms with Crippen molar-refractivity contribution in [1.82, 2.24) is 4.31 Å². The van der Waals surface area contributed by atoms with Crippen molar-refractivity contribution in [3.63, 3.8) is 0 Å². The molecule has 1 atom stereocenters. The highest BCUT2D eigenvalue weighted by Gasteiger charge is 2.43. The number of rotatable bonds is 4. The molecule has 0 bridgehead atoms. The minimum Gasteiger partial charge on any atom is -0.497 e. The Morgan fingerprint density at radius 1 is 1.16 bits per heavy atom. The topological polar surface area (TPSA) is 46.6 Å². The Kier molecular flexibility index (Phi) is 3.27. The van der Waals surface area contributed by atoms with Crippen LogP contribution in [0.5, 0.6) is 5.75 Å². The second-order valence-corrected chi connectivity index (χ2v) is 7.23. The van der Waals surface area contributed by atoms with Crippen LogP contribution in [-0.4, -0.2) is 32.4 Å². The summed E-state index contributed by atoms with van der Waals surface area (Å²) in [6.07, 6.45) is 4.36. The molecule has 19 heavy (non-hydrogen) atoms. The molecule has 1 aromatic carbocycles. The summed E-state index contributed by atoms with van der Waals surface area (Å²) in [6.45, 7) is 0.662. The van der Waals surface area contributed by atoms with Gasteiger partial charge in [-0.3, -0.25) is 0 Å². The van der Waals surface area contributed by atoms with E-state index < -0.39 is 10.0 Å². The van der Waals surface area contributed by atoms with Crippen molar-refractivity contribution in [1.29, 1.82) is 0 Å². The molecule has 4 nitrogen and oxygen atoms in total. The molecule has 1 aliphatic heterocycles. The lowest BCUT2D eigenvalue weighted by Crippen LogP contribution is -2.36. The first-order valence-corrected chi connectivity index (χ1v) is 8.23. The van der Waals surface area contributed by atoms with Gasteiger partial charge in [0.2, 0.25) is 10.0 Å². The normalized spacial score (nSPS) is 24.6. The van der Waals surface area contributed by atoms with Crippen LogP contribution < -0.4 is 4.74 Å². The predicted octanol–water partition coefficient (Wildman–Crippen LogP) is 2.26. The first-order valence-electron chi connectivity index (χ1n) is 6.79. The monoisotopic (exact) mass is 281 g/mol. The SMILES string of the molecule is COc1ccc(S(=O)(=O)N2CCCC2C2CC2)cc1. The van der Waals surface area contributed by atoms with E-state index in [-0.39, 0.29) is 6.04 Å². The van der Waals surface area contributed by atoms with Gasteiger partial charge < -0.3 is 4.74 Å². The fraction of sp³-hybridized carbons (Fsp3) is 0.571. The van der Waals surface area contributed by atoms with E-state index in [2.05, 4.69) is 0 Å². The van der Waals surface area contributed by atoms with Gasteiger partial charge in [0.1, 0.15) is 5.75 Å². The van der Waals surface area contributed by atoms with Crippen LogP contribution in [0.3, 0.4) is 0 Å². The first-order chi connectivity index (χ1) is 9.13. The lowest BCUT2D eigenvalue weighted by Gasteiger charge is -2.24. The van der Waals surface area contributed by atoms with E-state index >= 15 is 0 Å². The van der Waals surface area contributed by atoms with Crippen LogP contribution >= 0.6 is 0 Å². The molecular formula is C14H19NO3S. The van der Waals surface area contributed by atoms with Crippen LogP contribution in [0, 0.1) is 5.92 Å². The third-order valence-corrected chi connectivity index (χ3v) is 6.02. The summed E-state index contributed by atoms with van der Waals surface area (Å²) >= 11 is 0. The molecule has 2 aliphatic rings. The molecule has 0 radical (unpaired) electrons. The van der Waals surface area contributed by atoms with E-state index in [1.54, 1.807) is 35.7 Å². The number of hydrogen-bond acceptors (Lipinski definition) is 3. The quantitative estimate of drug-likeness (QED) is 0.850. The van der Waals surface area contributed by atoms with E-state index in [1.165, 1.54) is 12.8 Å². The van der Waals surface area contributed by atoms with E-state index in [0.717, 1.165) is 12.8 Å². The lowest BCUT2D eigenvalue weighted by molar-refractivity contribution is 0.356. The third kappa shape index (κ3) is 2.37. The number of benzene rings is 1.